The maximum atomic E-state index is 11.9. The summed E-state index contributed by atoms with van der Waals surface area (Å²) in [7, 11) is 0. The molecule has 1 heterocycles. The van der Waals surface area contributed by atoms with Crippen LogP contribution in [-0.2, 0) is 27.3 Å². The molecular formula is C22H23N3O3. The van der Waals surface area contributed by atoms with E-state index < -0.39 is 5.97 Å². The van der Waals surface area contributed by atoms with Crippen molar-refractivity contribution in [2.45, 2.75) is 26.3 Å². The van der Waals surface area contributed by atoms with Gasteiger partial charge < -0.3 is 10.1 Å². The Morgan fingerprint density at radius 2 is 1.79 bits per heavy atom. The molecule has 0 unspecified atom stereocenters. The highest BCUT2D eigenvalue weighted by molar-refractivity contribution is 5.80. The van der Waals surface area contributed by atoms with Gasteiger partial charge in [0.25, 0.3) is 5.91 Å². The minimum atomic E-state index is -0.405. The number of carbonyl (C=O) groups is 2. The molecule has 3 rings (SSSR count). The molecule has 0 atom stereocenters. The Bertz CT molecular complexity index is 918. The van der Waals surface area contributed by atoms with Crippen molar-refractivity contribution < 1.29 is 14.3 Å². The third kappa shape index (κ3) is 5.81. The molecule has 6 nitrogen and oxygen atoms in total. The van der Waals surface area contributed by atoms with Crippen molar-refractivity contribution >= 4 is 11.9 Å². The number of para-hydroxylation sites is 1. The average Bonchev–Trinajstić information content (AvgIpc) is 3.20. The number of esters is 1. The molecule has 0 saturated carbocycles. The Kier molecular flexibility index (Phi) is 6.57. The third-order valence-corrected chi connectivity index (χ3v) is 4.25. The van der Waals surface area contributed by atoms with Crippen molar-refractivity contribution in [1.29, 1.82) is 0 Å². The molecule has 0 bridgehead atoms. The van der Waals surface area contributed by atoms with Crippen LogP contribution < -0.4 is 5.32 Å². The lowest BCUT2D eigenvalue weighted by atomic mass is 10.1. The van der Waals surface area contributed by atoms with Crippen LogP contribution in [0.25, 0.3) is 5.69 Å². The second kappa shape index (κ2) is 9.50. The van der Waals surface area contributed by atoms with Gasteiger partial charge in [-0.25, -0.2) is 4.68 Å². The molecule has 144 valence electrons. The zero-order valence-electron chi connectivity index (χ0n) is 15.8. The van der Waals surface area contributed by atoms with Gasteiger partial charge in [-0.15, -0.1) is 0 Å². The number of carbonyl (C=O) groups excluding carboxylic acids is 2. The van der Waals surface area contributed by atoms with E-state index in [0.29, 0.717) is 13.0 Å². The molecule has 0 aliphatic heterocycles. The average molecular weight is 377 g/mol. The summed E-state index contributed by atoms with van der Waals surface area (Å²) in [5, 5.41) is 7.04. The van der Waals surface area contributed by atoms with Crippen LogP contribution in [0.5, 0.6) is 0 Å². The Balaban J connectivity index is 1.37. The summed E-state index contributed by atoms with van der Waals surface area (Å²) in [5.74, 6) is -0.719. The smallest absolute Gasteiger partial charge is 0.306 e. The van der Waals surface area contributed by atoms with Gasteiger partial charge >= 0.3 is 5.97 Å². The highest BCUT2D eigenvalue weighted by atomic mass is 16.5. The summed E-state index contributed by atoms with van der Waals surface area (Å²) in [4.78, 5) is 23.7. The van der Waals surface area contributed by atoms with E-state index in [1.165, 1.54) is 5.56 Å². The lowest BCUT2D eigenvalue weighted by Gasteiger charge is -2.07. The Morgan fingerprint density at radius 3 is 2.54 bits per heavy atom. The molecule has 1 amide bonds. The Labute approximate surface area is 164 Å². The quantitative estimate of drug-likeness (QED) is 0.613. The van der Waals surface area contributed by atoms with Crippen molar-refractivity contribution in [3.05, 3.63) is 83.7 Å². The van der Waals surface area contributed by atoms with Gasteiger partial charge in [-0.3, -0.25) is 9.59 Å². The molecule has 0 fully saturated rings. The van der Waals surface area contributed by atoms with Gasteiger partial charge in [0.15, 0.2) is 6.61 Å². The predicted octanol–water partition coefficient (Wildman–Crippen LogP) is 2.97. The van der Waals surface area contributed by atoms with Crippen molar-refractivity contribution in [2.24, 2.45) is 0 Å². The number of hydrogen-bond donors (Lipinski definition) is 1. The number of ether oxygens (including phenoxy) is 1. The van der Waals surface area contributed by atoms with Crippen molar-refractivity contribution in [2.75, 3.05) is 6.61 Å². The van der Waals surface area contributed by atoms with E-state index in [1.807, 2.05) is 67.7 Å². The second-order valence-electron chi connectivity index (χ2n) is 6.55. The molecule has 1 aromatic heterocycles. The van der Waals surface area contributed by atoms with Crippen LogP contribution in [0.1, 0.15) is 23.1 Å². The first kappa shape index (κ1) is 19.4. The van der Waals surface area contributed by atoms with E-state index in [1.54, 1.807) is 10.9 Å². The first-order chi connectivity index (χ1) is 13.6. The van der Waals surface area contributed by atoms with E-state index in [4.69, 9.17) is 4.74 Å². The number of aromatic nitrogens is 2. The highest BCUT2D eigenvalue weighted by Crippen LogP contribution is 2.09. The summed E-state index contributed by atoms with van der Waals surface area (Å²) < 4.78 is 6.81. The largest absolute Gasteiger partial charge is 0.456 e. The fourth-order valence-corrected chi connectivity index (χ4v) is 2.63. The number of aryl methyl sites for hydroxylation is 2. The van der Waals surface area contributed by atoms with Crippen LogP contribution in [0.3, 0.4) is 0 Å². The Hall–Kier alpha value is -3.41. The summed E-state index contributed by atoms with van der Waals surface area (Å²) in [6.45, 7) is 2.15. The van der Waals surface area contributed by atoms with E-state index in [-0.39, 0.29) is 18.9 Å². The minimum absolute atomic E-state index is 0.200. The monoisotopic (exact) mass is 377 g/mol. The van der Waals surface area contributed by atoms with Crippen LogP contribution in [0.15, 0.2) is 67.0 Å². The zero-order chi connectivity index (χ0) is 19.8. The van der Waals surface area contributed by atoms with E-state index >= 15 is 0 Å². The molecule has 3 aromatic rings. The van der Waals surface area contributed by atoms with Crippen molar-refractivity contribution in [3.63, 3.8) is 0 Å². The van der Waals surface area contributed by atoms with Crippen molar-refractivity contribution in [3.8, 4) is 5.69 Å². The van der Waals surface area contributed by atoms with Crippen LogP contribution in [0.2, 0.25) is 0 Å². The minimum Gasteiger partial charge on any atom is -0.456 e. The molecule has 0 saturated heterocycles. The lowest BCUT2D eigenvalue weighted by molar-refractivity contribution is -0.148. The summed E-state index contributed by atoms with van der Waals surface area (Å²) in [5.41, 5.74) is 4.06. The maximum absolute atomic E-state index is 11.9. The van der Waals surface area contributed by atoms with Gasteiger partial charge in [-0.1, -0.05) is 48.0 Å². The van der Waals surface area contributed by atoms with Crippen LogP contribution >= 0.6 is 0 Å². The van der Waals surface area contributed by atoms with Gasteiger partial charge in [-0.2, -0.15) is 5.10 Å². The third-order valence-electron chi connectivity index (χ3n) is 4.25. The fourth-order valence-electron chi connectivity index (χ4n) is 2.63. The number of amides is 1. The van der Waals surface area contributed by atoms with Gasteiger partial charge in [-0.05, 0) is 36.6 Å². The Morgan fingerprint density at radius 1 is 1.04 bits per heavy atom. The normalized spacial score (nSPS) is 10.5. The standard InChI is InChI=1S/C22H23N3O3/c1-17-7-9-18(10-8-17)13-23-21(26)16-28-22(27)12-11-19-14-24-25(15-19)20-5-3-2-4-6-20/h2-10,14-15H,11-13,16H2,1H3,(H,23,26). The number of hydrogen-bond acceptors (Lipinski definition) is 4. The highest BCUT2D eigenvalue weighted by Gasteiger charge is 2.09. The van der Waals surface area contributed by atoms with Gasteiger partial charge in [0.2, 0.25) is 0 Å². The van der Waals surface area contributed by atoms with E-state index in [9.17, 15) is 9.59 Å². The summed E-state index contributed by atoms with van der Waals surface area (Å²) >= 11 is 0. The fraction of sp³-hybridized carbons (Fsp3) is 0.227. The molecule has 0 aliphatic carbocycles. The predicted molar refractivity (Wildman–Crippen MR) is 106 cm³/mol. The summed E-state index contributed by atoms with van der Waals surface area (Å²) in [6, 6.07) is 17.6. The lowest BCUT2D eigenvalue weighted by Crippen LogP contribution is -2.28. The van der Waals surface area contributed by atoms with Gasteiger partial charge in [0.05, 0.1) is 11.9 Å². The van der Waals surface area contributed by atoms with Gasteiger partial charge in [0.1, 0.15) is 0 Å². The number of nitrogens with one attached hydrogen (secondary N) is 1. The zero-order valence-corrected chi connectivity index (χ0v) is 15.8. The van der Waals surface area contributed by atoms with Crippen molar-refractivity contribution in [1.82, 2.24) is 15.1 Å². The molecule has 0 radical (unpaired) electrons. The number of rotatable bonds is 8. The number of benzene rings is 2. The molecule has 1 N–H and O–H groups in total. The first-order valence-electron chi connectivity index (χ1n) is 9.17. The summed E-state index contributed by atoms with van der Waals surface area (Å²) in [6.07, 6.45) is 4.33. The second-order valence-corrected chi connectivity index (χ2v) is 6.55. The molecule has 6 heteroatoms. The van der Waals surface area contributed by atoms with Gasteiger partial charge in [0, 0.05) is 19.2 Å². The maximum Gasteiger partial charge on any atom is 0.306 e. The van der Waals surface area contributed by atoms with Crippen LogP contribution in [-0.4, -0.2) is 28.3 Å². The van der Waals surface area contributed by atoms with Crippen LogP contribution in [0, 0.1) is 6.92 Å². The molecule has 0 aliphatic rings. The van der Waals surface area contributed by atoms with E-state index in [2.05, 4.69) is 10.4 Å². The molecular weight excluding hydrogens is 354 g/mol. The van der Waals surface area contributed by atoms with E-state index in [0.717, 1.165) is 16.8 Å². The SMILES string of the molecule is Cc1ccc(CNC(=O)COC(=O)CCc2cnn(-c3ccccc3)c2)cc1. The van der Waals surface area contributed by atoms with Crippen LogP contribution in [0.4, 0.5) is 0 Å². The molecule has 0 spiro atoms. The first-order valence-corrected chi connectivity index (χ1v) is 9.17. The topological polar surface area (TPSA) is 73.2 Å². The molecule has 2 aromatic carbocycles. The molecule has 28 heavy (non-hydrogen) atoms. The number of nitrogens with zero attached hydrogens (tertiary/aromatic N) is 2.